The van der Waals surface area contributed by atoms with Crippen LogP contribution in [0, 0.1) is 17.3 Å². The Morgan fingerprint density at radius 2 is 1.67 bits per heavy atom. The monoisotopic (exact) mass is 764 g/mol. The Bertz CT molecular complexity index is 1550. The molecule has 11 heteroatoms. The third kappa shape index (κ3) is 11.1. The number of benzene rings is 2. The molecule has 2 aliphatic rings. The van der Waals surface area contributed by atoms with E-state index in [1.165, 1.54) is 0 Å². The summed E-state index contributed by atoms with van der Waals surface area (Å²) in [6, 6.07) is 18.1. The second-order valence-electron chi connectivity index (χ2n) is 16.4. The van der Waals surface area contributed by atoms with Crippen molar-refractivity contribution in [3.8, 4) is 0 Å². The van der Waals surface area contributed by atoms with Crippen LogP contribution in [-0.2, 0) is 44.6 Å². The second-order valence-corrected chi connectivity index (χ2v) is 16.4. The average Bonchev–Trinajstić information content (AvgIpc) is 3.16. The molecule has 0 bridgehead atoms. The first-order valence-corrected chi connectivity index (χ1v) is 19.5. The van der Waals surface area contributed by atoms with Gasteiger partial charge in [0.25, 0.3) is 0 Å². The van der Waals surface area contributed by atoms with Crippen molar-refractivity contribution in [3.05, 3.63) is 84.4 Å². The molecule has 2 saturated heterocycles. The Morgan fingerprint density at radius 3 is 2.27 bits per heavy atom. The van der Waals surface area contributed by atoms with Crippen molar-refractivity contribution in [3.63, 3.8) is 0 Å². The number of methoxy groups -OCH3 is 1. The zero-order chi connectivity index (χ0) is 40.5. The van der Waals surface area contributed by atoms with Gasteiger partial charge in [0, 0.05) is 19.6 Å². The summed E-state index contributed by atoms with van der Waals surface area (Å²) in [7, 11) is 7.47. The van der Waals surface area contributed by atoms with Crippen LogP contribution in [0.2, 0.25) is 0 Å². The molecule has 0 unspecified atom stereocenters. The first kappa shape index (κ1) is 44.3. The summed E-state index contributed by atoms with van der Waals surface area (Å²) in [6.45, 7) is 15.9. The van der Waals surface area contributed by atoms with E-state index in [2.05, 4.69) is 18.4 Å². The van der Waals surface area contributed by atoms with E-state index in [1.54, 1.807) is 52.1 Å². The van der Waals surface area contributed by atoms with Crippen LogP contribution in [-0.4, -0.2) is 117 Å². The molecular formula is C44H64N2O9. The number of ketones is 1. The highest BCUT2D eigenvalue weighted by Gasteiger charge is 2.52. The Balaban J connectivity index is 1.71. The van der Waals surface area contributed by atoms with Gasteiger partial charge < -0.3 is 33.3 Å². The lowest BCUT2D eigenvalue weighted by Crippen LogP contribution is -2.60. The summed E-state index contributed by atoms with van der Waals surface area (Å²) in [6.07, 6.45) is 0.0225. The van der Waals surface area contributed by atoms with E-state index in [1.807, 2.05) is 82.4 Å². The third-order valence-electron chi connectivity index (χ3n) is 11.3. The highest BCUT2D eigenvalue weighted by atomic mass is 16.7. The molecule has 0 amide bonds. The van der Waals surface area contributed by atoms with Crippen LogP contribution < -0.4 is 0 Å². The maximum Gasteiger partial charge on any atom is 0.338 e. The van der Waals surface area contributed by atoms with Crippen molar-refractivity contribution in [1.82, 2.24) is 9.80 Å². The summed E-state index contributed by atoms with van der Waals surface area (Å²) in [5.74, 6) is -2.35. The number of Topliss-reactive ketones (excluding diaryl/α,β-unsaturated/α-hetero) is 1. The molecule has 304 valence electrons. The number of likely N-dealkylation sites (N-methyl/N-ethyl adjacent to an activating group) is 2. The van der Waals surface area contributed by atoms with E-state index < -0.39 is 47.4 Å². The molecule has 0 aromatic heterocycles. The van der Waals surface area contributed by atoms with Gasteiger partial charge in [-0.15, -0.1) is 6.58 Å². The van der Waals surface area contributed by atoms with E-state index in [0.29, 0.717) is 38.0 Å². The molecule has 4 rings (SSSR count). The molecule has 0 radical (unpaired) electrons. The van der Waals surface area contributed by atoms with Crippen molar-refractivity contribution in [2.45, 2.75) is 116 Å². The Labute approximate surface area is 328 Å². The summed E-state index contributed by atoms with van der Waals surface area (Å²) < 4.78 is 38.5. The summed E-state index contributed by atoms with van der Waals surface area (Å²) in [4.78, 5) is 46.3. The number of hydrogen-bond acceptors (Lipinski definition) is 11. The highest BCUT2D eigenvalue weighted by molar-refractivity contribution is 6.04. The van der Waals surface area contributed by atoms with Gasteiger partial charge in [-0.1, -0.05) is 68.5 Å². The van der Waals surface area contributed by atoms with Crippen LogP contribution in [0.15, 0.2) is 73.3 Å². The molecule has 2 aromatic rings. The molecule has 2 heterocycles. The van der Waals surface area contributed by atoms with Gasteiger partial charge in [-0.3, -0.25) is 14.5 Å². The third-order valence-corrected chi connectivity index (χ3v) is 11.3. The number of nitrogens with zero attached hydrogens (tertiary/aromatic N) is 2. The zero-order valence-electron chi connectivity index (χ0n) is 34.6. The van der Waals surface area contributed by atoms with Gasteiger partial charge in [0.15, 0.2) is 18.2 Å². The number of esters is 2. The lowest BCUT2D eigenvalue weighted by Gasteiger charge is -2.48. The minimum atomic E-state index is -1.54. The van der Waals surface area contributed by atoms with Crippen molar-refractivity contribution in [2.75, 3.05) is 41.4 Å². The SMILES string of the molecule is C=CC[C@@H](OCc1ccccc1)[C@@H]1COC(=O)C(C)(C)C(=O)[C@H](C)[C@@H](O[C@@H]2O[C@H](C)C[C@H](N(C)C)[C@H]2OC(=O)c2ccccc2)[C@](C)(OC)C[C@@H](C)CN1C. The minimum absolute atomic E-state index is 0.0150. The normalized spacial score (nSPS) is 31.7. The number of carbonyl (C=O) groups is 3. The van der Waals surface area contributed by atoms with Gasteiger partial charge in [-0.05, 0) is 91.7 Å². The molecule has 11 nitrogen and oxygen atoms in total. The van der Waals surface area contributed by atoms with E-state index in [-0.39, 0.29) is 42.6 Å². The quantitative estimate of drug-likeness (QED) is 0.137. The molecule has 2 aliphatic heterocycles. The van der Waals surface area contributed by atoms with Gasteiger partial charge in [0.05, 0.1) is 48.2 Å². The molecule has 0 aliphatic carbocycles. The van der Waals surface area contributed by atoms with Crippen LogP contribution in [0.1, 0.15) is 76.7 Å². The second kappa shape index (κ2) is 19.6. The van der Waals surface area contributed by atoms with Crippen molar-refractivity contribution >= 4 is 17.7 Å². The Hall–Kier alpha value is -3.45. The predicted molar refractivity (Wildman–Crippen MR) is 211 cm³/mol. The predicted octanol–water partition coefficient (Wildman–Crippen LogP) is 6.34. The van der Waals surface area contributed by atoms with E-state index in [9.17, 15) is 14.4 Å². The first-order chi connectivity index (χ1) is 26.0. The zero-order valence-corrected chi connectivity index (χ0v) is 34.6. The van der Waals surface area contributed by atoms with Crippen LogP contribution in [0.25, 0.3) is 0 Å². The lowest BCUT2D eigenvalue weighted by molar-refractivity contribution is -0.295. The van der Waals surface area contributed by atoms with E-state index in [4.69, 9.17) is 28.4 Å². The molecular weight excluding hydrogens is 700 g/mol. The van der Waals surface area contributed by atoms with E-state index >= 15 is 0 Å². The highest BCUT2D eigenvalue weighted by Crippen LogP contribution is 2.39. The van der Waals surface area contributed by atoms with Gasteiger partial charge in [0.1, 0.15) is 12.0 Å². The van der Waals surface area contributed by atoms with Crippen molar-refractivity contribution < 1.29 is 42.8 Å². The fraction of sp³-hybridized carbons (Fsp3) is 0.614. The molecule has 55 heavy (non-hydrogen) atoms. The number of ether oxygens (including phenoxy) is 6. The van der Waals surface area contributed by atoms with Gasteiger partial charge >= 0.3 is 11.9 Å². The smallest absolute Gasteiger partial charge is 0.338 e. The lowest BCUT2D eigenvalue weighted by atomic mass is 9.74. The summed E-state index contributed by atoms with van der Waals surface area (Å²) in [5.41, 5.74) is -1.15. The average molecular weight is 765 g/mol. The number of hydrogen-bond donors (Lipinski definition) is 0. The molecule has 0 spiro atoms. The fourth-order valence-corrected chi connectivity index (χ4v) is 8.11. The summed E-state index contributed by atoms with van der Waals surface area (Å²) in [5, 5.41) is 0. The summed E-state index contributed by atoms with van der Waals surface area (Å²) >= 11 is 0. The maximum atomic E-state index is 14.6. The van der Waals surface area contributed by atoms with Crippen LogP contribution in [0.5, 0.6) is 0 Å². The molecule has 2 aromatic carbocycles. The largest absolute Gasteiger partial charge is 0.463 e. The minimum Gasteiger partial charge on any atom is -0.463 e. The standard InChI is InChI=1S/C44H64N2O9/c1-12-19-36(51-27-32-20-15-13-16-21-32)35-28-52-42(49)43(5,6)38(47)31(4)39(44(7,50-11)25-29(2)26-46(35)10)55-41-37(34(45(8)9)24-30(3)53-41)54-40(48)33-22-17-14-18-23-33/h12-18,20-23,29-31,34-37,39,41H,1,19,24-28H2,2-11H3/t29-,30-,31+,34+,35+,36-,37-,39-,41+,44-/m1/s1. The first-order valence-electron chi connectivity index (χ1n) is 19.5. The molecule has 10 atom stereocenters. The Morgan fingerprint density at radius 1 is 1.04 bits per heavy atom. The number of rotatable bonds is 12. The van der Waals surface area contributed by atoms with Gasteiger partial charge in [-0.25, -0.2) is 4.79 Å². The molecule has 0 saturated carbocycles. The maximum absolute atomic E-state index is 14.6. The molecule has 2 fully saturated rings. The fourth-order valence-electron chi connectivity index (χ4n) is 8.11. The van der Waals surface area contributed by atoms with Crippen LogP contribution >= 0.6 is 0 Å². The number of cyclic esters (lactones) is 1. The number of carbonyl (C=O) groups excluding carboxylic acids is 3. The van der Waals surface area contributed by atoms with Crippen LogP contribution in [0.3, 0.4) is 0 Å². The van der Waals surface area contributed by atoms with Crippen molar-refractivity contribution in [1.29, 1.82) is 0 Å². The van der Waals surface area contributed by atoms with E-state index in [0.717, 1.165) is 5.56 Å². The van der Waals surface area contributed by atoms with Gasteiger partial charge in [0.2, 0.25) is 0 Å². The van der Waals surface area contributed by atoms with Crippen LogP contribution in [0.4, 0.5) is 0 Å². The Kier molecular flexibility index (Phi) is 15.8. The molecule has 0 N–H and O–H groups in total. The van der Waals surface area contributed by atoms with Crippen molar-refractivity contribution in [2.24, 2.45) is 17.3 Å². The van der Waals surface area contributed by atoms with Gasteiger partial charge in [-0.2, -0.15) is 0 Å². The topological polar surface area (TPSA) is 113 Å².